The summed E-state index contributed by atoms with van der Waals surface area (Å²) in [6, 6.07) is 9.48. The predicted molar refractivity (Wildman–Crippen MR) is 63.8 cm³/mol. The van der Waals surface area contributed by atoms with Crippen molar-refractivity contribution in [3.05, 3.63) is 35.9 Å². The summed E-state index contributed by atoms with van der Waals surface area (Å²) in [6.07, 6.45) is -1.09. The van der Waals surface area contributed by atoms with E-state index in [1.54, 1.807) is 6.92 Å². The Labute approximate surface area is 101 Å². The first-order chi connectivity index (χ1) is 8.27. The summed E-state index contributed by atoms with van der Waals surface area (Å²) in [4.78, 5) is 11.3. The highest BCUT2D eigenvalue weighted by Gasteiger charge is 2.17. The maximum absolute atomic E-state index is 11.3. The van der Waals surface area contributed by atoms with Crippen molar-refractivity contribution >= 4 is 6.16 Å². The van der Waals surface area contributed by atoms with Crippen LogP contribution in [-0.4, -0.2) is 26.0 Å². The number of carbonyl (C=O) groups excluding carboxylic acids is 1. The Hall–Kier alpha value is -1.55. The van der Waals surface area contributed by atoms with Crippen LogP contribution in [0.1, 0.15) is 25.5 Å². The lowest BCUT2D eigenvalue weighted by Crippen LogP contribution is -2.17. The molecule has 1 aromatic rings. The highest BCUT2D eigenvalue weighted by atomic mass is 16.7. The molecule has 0 amide bonds. The van der Waals surface area contributed by atoms with Crippen LogP contribution in [0.4, 0.5) is 4.79 Å². The fourth-order valence-electron chi connectivity index (χ4n) is 1.36. The van der Waals surface area contributed by atoms with E-state index in [9.17, 15) is 4.79 Å². The van der Waals surface area contributed by atoms with Gasteiger partial charge in [0.05, 0.1) is 13.2 Å². The van der Waals surface area contributed by atoms with Crippen LogP contribution in [0.2, 0.25) is 0 Å². The van der Waals surface area contributed by atoms with E-state index in [1.807, 2.05) is 37.3 Å². The van der Waals surface area contributed by atoms with Gasteiger partial charge in [-0.3, -0.25) is 0 Å². The second kappa shape index (κ2) is 7.68. The van der Waals surface area contributed by atoms with Gasteiger partial charge in [-0.05, 0) is 19.4 Å². The zero-order valence-electron chi connectivity index (χ0n) is 10.2. The molecule has 0 fully saturated rings. The van der Waals surface area contributed by atoms with Gasteiger partial charge in [0, 0.05) is 6.61 Å². The van der Waals surface area contributed by atoms with Gasteiger partial charge in [0.2, 0.25) is 0 Å². The first-order valence-electron chi connectivity index (χ1n) is 5.74. The molecule has 17 heavy (non-hydrogen) atoms. The fraction of sp³-hybridized carbons (Fsp3) is 0.462. The van der Waals surface area contributed by atoms with Gasteiger partial charge in [0.25, 0.3) is 0 Å². The van der Waals surface area contributed by atoms with Gasteiger partial charge in [-0.2, -0.15) is 0 Å². The molecule has 0 aromatic heterocycles. The van der Waals surface area contributed by atoms with Gasteiger partial charge < -0.3 is 14.2 Å². The van der Waals surface area contributed by atoms with Crippen LogP contribution in [0.3, 0.4) is 0 Å². The van der Waals surface area contributed by atoms with Gasteiger partial charge in [-0.25, -0.2) is 4.79 Å². The van der Waals surface area contributed by atoms with E-state index in [1.165, 1.54) is 0 Å². The van der Waals surface area contributed by atoms with Crippen molar-refractivity contribution in [3.8, 4) is 0 Å². The van der Waals surface area contributed by atoms with Crippen LogP contribution in [0.25, 0.3) is 0 Å². The molecule has 4 nitrogen and oxygen atoms in total. The first-order valence-corrected chi connectivity index (χ1v) is 5.74. The SMILES string of the molecule is CCOCC(OC(=O)OCC)c1ccccc1. The van der Waals surface area contributed by atoms with Crippen molar-refractivity contribution in [1.82, 2.24) is 0 Å². The van der Waals surface area contributed by atoms with Crippen molar-refractivity contribution in [2.24, 2.45) is 0 Å². The summed E-state index contributed by atoms with van der Waals surface area (Å²) in [5.74, 6) is 0. The molecule has 0 aliphatic heterocycles. The standard InChI is InChI=1S/C13H18O4/c1-3-15-10-12(17-13(14)16-4-2)11-8-6-5-7-9-11/h5-9,12H,3-4,10H2,1-2H3. The number of hydrogen-bond acceptors (Lipinski definition) is 4. The van der Waals surface area contributed by atoms with E-state index in [4.69, 9.17) is 14.2 Å². The maximum atomic E-state index is 11.3. The van der Waals surface area contributed by atoms with Crippen LogP contribution in [0, 0.1) is 0 Å². The molecule has 0 aliphatic carbocycles. The zero-order valence-corrected chi connectivity index (χ0v) is 10.2. The fourth-order valence-corrected chi connectivity index (χ4v) is 1.36. The Balaban J connectivity index is 2.63. The third-order valence-electron chi connectivity index (χ3n) is 2.15. The van der Waals surface area contributed by atoms with E-state index in [0.717, 1.165) is 5.56 Å². The summed E-state index contributed by atoms with van der Waals surface area (Å²) in [5, 5.41) is 0. The maximum Gasteiger partial charge on any atom is 0.508 e. The second-order valence-corrected chi connectivity index (χ2v) is 3.36. The molecule has 0 bridgehead atoms. The van der Waals surface area contributed by atoms with Gasteiger partial charge in [-0.1, -0.05) is 30.3 Å². The highest BCUT2D eigenvalue weighted by Crippen LogP contribution is 2.18. The van der Waals surface area contributed by atoms with Crippen LogP contribution in [0.15, 0.2) is 30.3 Å². The minimum Gasteiger partial charge on any atom is -0.435 e. The smallest absolute Gasteiger partial charge is 0.435 e. The summed E-state index contributed by atoms with van der Waals surface area (Å²) in [5.41, 5.74) is 0.897. The van der Waals surface area contributed by atoms with Crippen molar-refractivity contribution < 1.29 is 19.0 Å². The highest BCUT2D eigenvalue weighted by molar-refractivity contribution is 5.60. The second-order valence-electron chi connectivity index (χ2n) is 3.36. The van der Waals surface area contributed by atoms with Crippen molar-refractivity contribution in [1.29, 1.82) is 0 Å². The van der Waals surface area contributed by atoms with Crippen molar-refractivity contribution in [3.63, 3.8) is 0 Å². The summed E-state index contributed by atoms with van der Waals surface area (Å²) >= 11 is 0. The Bertz CT molecular complexity index is 323. The van der Waals surface area contributed by atoms with E-state index < -0.39 is 12.3 Å². The monoisotopic (exact) mass is 238 g/mol. The van der Waals surface area contributed by atoms with Crippen molar-refractivity contribution in [2.75, 3.05) is 19.8 Å². The number of benzene rings is 1. The summed E-state index contributed by atoms with van der Waals surface area (Å²) < 4.78 is 15.2. The van der Waals surface area contributed by atoms with Gasteiger partial charge >= 0.3 is 6.16 Å². The lowest BCUT2D eigenvalue weighted by atomic mass is 10.1. The molecule has 0 spiro atoms. The van der Waals surface area contributed by atoms with E-state index in [-0.39, 0.29) is 0 Å². The van der Waals surface area contributed by atoms with E-state index in [2.05, 4.69) is 0 Å². The molecule has 0 N–H and O–H groups in total. The Morgan fingerprint density at radius 3 is 2.47 bits per heavy atom. The molecule has 4 heteroatoms. The average Bonchev–Trinajstić information content (AvgIpc) is 2.36. The molecule has 94 valence electrons. The van der Waals surface area contributed by atoms with Crippen molar-refractivity contribution in [2.45, 2.75) is 20.0 Å². The minimum absolute atomic E-state index is 0.301. The molecule has 0 aliphatic rings. The van der Waals surface area contributed by atoms with Gasteiger partial charge in [0.1, 0.15) is 0 Å². The van der Waals surface area contributed by atoms with Gasteiger partial charge in [0.15, 0.2) is 6.10 Å². The first kappa shape index (κ1) is 13.5. The summed E-state index contributed by atoms with van der Waals surface area (Å²) in [7, 11) is 0. The molecule has 1 aromatic carbocycles. The molecule has 0 heterocycles. The quantitative estimate of drug-likeness (QED) is 0.715. The Kier molecular flexibility index (Phi) is 6.10. The molecule has 1 atom stereocenters. The molecular formula is C13H18O4. The molecule has 0 radical (unpaired) electrons. The lowest BCUT2D eigenvalue weighted by molar-refractivity contribution is -0.0137. The van der Waals surface area contributed by atoms with Crippen LogP contribution < -0.4 is 0 Å². The molecule has 0 saturated heterocycles. The largest absolute Gasteiger partial charge is 0.508 e. The summed E-state index contributed by atoms with van der Waals surface area (Å²) in [6.45, 7) is 4.84. The average molecular weight is 238 g/mol. The Morgan fingerprint density at radius 2 is 1.88 bits per heavy atom. The van der Waals surface area contributed by atoms with Crippen LogP contribution in [0.5, 0.6) is 0 Å². The lowest BCUT2D eigenvalue weighted by Gasteiger charge is -2.17. The minimum atomic E-state index is -0.666. The number of rotatable bonds is 6. The Morgan fingerprint density at radius 1 is 1.18 bits per heavy atom. The van der Waals surface area contributed by atoms with Crippen LogP contribution >= 0.6 is 0 Å². The zero-order chi connectivity index (χ0) is 12.5. The molecule has 0 saturated carbocycles. The number of carbonyl (C=O) groups is 1. The number of ether oxygens (including phenoxy) is 3. The third kappa shape index (κ3) is 4.87. The molecule has 1 rings (SSSR count). The third-order valence-corrected chi connectivity index (χ3v) is 2.15. The van der Waals surface area contributed by atoms with Crippen LogP contribution in [-0.2, 0) is 14.2 Å². The predicted octanol–water partition coefficient (Wildman–Crippen LogP) is 2.94. The van der Waals surface area contributed by atoms with E-state index in [0.29, 0.717) is 19.8 Å². The van der Waals surface area contributed by atoms with Gasteiger partial charge in [-0.15, -0.1) is 0 Å². The number of hydrogen-bond donors (Lipinski definition) is 0. The molecular weight excluding hydrogens is 220 g/mol. The van der Waals surface area contributed by atoms with E-state index >= 15 is 0 Å². The normalized spacial score (nSPS) is 11.9. The topological polar surface area (TPSA) is 44.8 Å². The molecule has 1 unspecified atom stereocenters.